The van der Waals surface area contributed by atoms with E-state index >= 15 is 4.39 Å². The van der Waals surface area contributed by atoms with E-state index in [2.05, 4.69) is 4.90 Å². The number of benzene rings is 3. The summed E-state index contributed by atoms with van der Waals surface area (Å²) >= 11 is 7.04. The van der Waals surface area contributed by atoms with Crippen molar-refractivity contribution >= 4 is 44.6 Å². The SMILES string of the molecule is O=C1C(N(Cc2ccccc2)S(=O)(=O)c2ccc(Cl)s2)CCCN1c1ccc(-c2ccccc2CN2CCC(O)CC2)cc1F. The number of hydrogen-bond donors (Lipinski definition) is 1. The minimum absolute atomic E-state index is 0.00286. The Morgan fingerprint density at radius 2 is 1.67 bits per heavy atom. The number of carbonyl (C=O) groups is 1. The van der Waals surface area contributed by atoms with Gasteiger partial charge in [0.2, 0.25) is 5.91 Å². The third-order valence-electron chi connectivity index (χ3n) is 8.57. The number of anilines is 1. The van der Waals surface area contributed by atoms with Gasteiger partial charge in [-0.3, -0.25) is 9.69 Å². The maximum absolute atomic E-state index is 15.9. The van der Waals surface area contributed by atoms with Crippen molar-refractivity contribution in [2.24, 2.45) is 0 Å². The van der Waals surface area contributed by atoms with Crippen LogP contribution in [-0.2, 0) is 27.9 Å². The number of aliphatic hydroxyl groups excluding tert-OH is 1. The summed E-state index contributed by atoms with van der Waals surface area (Å²) in [4.78, 5) is 17.7. The number of nitrogens with zero attached hydrogens (tertiary/aromatic N) is 3. The van der Waals surface area contributed by atoms with Crippen LogP contribution in [0.4, 0.5) is 10.1 Å². The Kier molecular flexibility index (Phi) is 9.70. The van der Waals surface area contributed by atoms with Crippen molar-refractivity contribution in [3.63, 3.8) is 0 Å². The molecule has 2 fully saturated rings. The topological polar surface area (TPSA) is 81.2 Å². The Labute approximate surface area is 272 Å². The number of hydrogen-bond acceptors (Lipinski definition) is 6. The molecule has 1 aromatic heterocycles. The van der Waals surface area contributed by atoms with Gasteiger partial charge < -0.3 is 10.0 Å². The molecule has 1 atom stereocenters. The Morgan fingerprint density at radius 1 is 0.933 bits per heavy atom. The van der Waals surface area contributed by atoms with Crippen LogP contribution in [0.25, 0.3) is 11.1 Å². The van der Waals surface area contributed by atoms with Crippen molar-refractivity contribution < 1.29 is 22.7 Å². The Balaban J connectivity index is 1.28. The molecule has 0 saturated carbocycles. The van der Waals surface area contributed by atoms with Crippen molar-refractivity contribution in [2.45, 2.75) is 55.1 Å². The Bertz CT molecular complexity index is 1760. The van der Waals surface area contributed by atoms with Crippen LogP contribution in [0.3, 0.4) is 0 Å². The van der Waals surface area contributed by atoms with E-state index in [1.54, 1.807) is 6.07 Å². The van der Waals surface area contributed by atoms with E-state index < -0.39 is 27.8 Å². The summed E-state index contributed by atoms with van der Waals surface area (Å²) in [5, 5.41) is 9.88. The van der Waals surface area contributed by atoms with Crippen LogP contribution in [0.5, 0.6) is 0 Å². The predicted octanol–water partition coefficient (Wildman–Crippen LogP) is 6.55. The number of piperidine rings is 2. The molecule has 0 aliphatic carbocycles. The average molecular weight is 668 g/mol. The summed E-state index contributed by atoms with van der Waals surface area (Å²) in [6, 6.07) is 23.9. The molecule has 3 aromatic carbocycles. The van der Waals surface area contributed by atoms with Crippen LogP contribution in [0.15, 0.2) is 89.1 Å². The van der Waals surface area contributed by atoms with Crippen LogP contribution in [0, 0.1) is 5.82 Å². The van der Waals surface area contributed by atoms with Crippen molar-refractivity contribution in [1.29, 1.82) is 0 Å². The quantitative estimate of drug-likeness (QED) is 0.219. The monoisotopic (exact) mass is 667 g/mol. The number of aliphatic hydroxyl groups is 1. The van der Waals surface area contributed by atoms with E-state index in [9.17, 15) is 18.3 Å². The molecule has 2 saturated heterocycles. The fourth-order valence-corrected chi connectivity index (χ4v) is 9.40. The summed E-state index contributed by atoms with van der Waals surface area (Å²) in [6.45, 7) is 2.58. The van der Waals surface area contributed by atoms with Gasteiger partial charge in [-0.25, -0.2) is 12.8 Å². The van der Waals surface area contributed by atoms with E-state index in [1.807, 2.05) is 60.7 Å². The third kappa shape index (κ3) is 7.01. The number of likely N-dealkylation sites (tertiary alicyclic amines) is 1. The summed E-state index contributed by atoms with van der Waals surface area (Å²) in [5.74, 6) is -0.998. The Morgan fingerprint density at radius 3 is 2.38 bits per heavy atom. The van der Waals surface area contributed by atoms with E-state index in [1.165, 1.54) is 27.4 Å². The van der Waals surface area contributed by atoms with Gasteiger partial charge in [0.05, 0.1) is 16.1 Å². The molecular weight excluding hydrogens is 633 g/mol. The minimum Gasteiger partial charge on any atom is -0.393 e. The van der Waals surface area contributed by atoms with Crippen molar-refractivity contribution in [3.8, 4) is 11.1 Å². The number of carbonyl (C=O) groups excluding carboxylic acids is 1. The molecule has 3 heterocycles. The number of rotatable bonds is 9. The third-order valence-corrected chi connectivity index (χ3v) is 12.1. The highest BCUT2D eigenvalue weighted by atomic mass is 35.5. The smallest absolute Gasteiger partial charge is 0.253 e. The highest BCUT2D eigenvalue weighted by Crippen LogP contribution is 2.35. The lowest BCUT2D eigenvalue weighted by Crippen LogP contribution is -2.54. The molecule has 2 aliphatic heterocycles. The molecule has 2 aliphatic rings. The second-order valence-corrected chi connectivity index (χ2v) is 15.4. The van der Waals surface area contributed by atoms with Gasteiger partial charge in [-0.1, -0.05) is 72.3 Å². The fraction of sp³-hybridized carbons (Fsp3) is 0.324. The van der Waals surface area contributed by atoms with Gasteiger partial charge in [-0.15, -0.1) is 11.3 Å². The van der Waals surface area contributed by atoms with E-state index in [0.717, 1.165) is 54.0 Å². The number of thiophene rings is 1. The fourth-order valence-electron chi connectivity index (χ4n) is 6.19. The molecule has 0 spiro atoms. The molecular formula is C34H35ClFN3O4S2. The predicted molar refractivity (Wildman–Crippen MR) is 176 cm³/mol. The maximum atomic E-state index is 15.9. The van der Waals surface area contributed by atoms with Crippen LogP contribution in [-0.4, -0.2) is 60.4 Å². The summed E-state index contributed by atoms with van der Waals surface area (Å²) < 4.78 is 45.4. The lowest BCUT2D eigenvalue weighted by molar-refractivity contribution is -0.123. The van der Waals surface area contributed by atoms with Crippen molar-refractivity contribution in [1.82, 2.24) is 9.21 Å². The summed E-state index contributed by atoms with van der Waals surface area (Å²) in [7, 11) is -4.08. The maximum Gasteiger partial charge on any atom is 0.253 e. The highest BCUT2D eigenvalue weighted by Gasteiger charge is 2.41. The molecule has 45 heavy (non-hydrogen) atoms. The molecule has 0 bridgehead atoms. The van der Waals surface area contributed by atoms with E-state index in [0.29, 0.717) is 29.3 Å². The highest BCUT2D eigenvalue weighted by molar-refractivity contribution is 7.91. The van der Waals surface area contributed by atoms with Crippen LogP contribution in [0.1, 0.15) is 36.8 Å². The first-order valence-corrected chi connectivity index (χ1v) is 17.7. The standard InChI is InChI=1S/C34H35ClFN3O4S2/c35-32-14-15-33(44-32)45(42,43)39(22-24-7-2-1-3-8-24)31-11-6-18-38(34(31)41)30-13-12-25(21-29(30)36)28-10-5-4-9-26(28)23-37-19-16-27(40)17-20-37/h1-5,7-10,12-15,21,27,31,40H,6,11,16-20,22-23H2. The van der Waals surface area contributed by atoms with Crippen LogP contribution < -0.4 is 4.90 Å². The van der Waals surface area contributed by atoms with E-state index in [-0.39, 0.29) is 29.1 Å². The van der Waals surface area contributed by atoms with Gasteiger partial charge in [0.25, 0.3) is 10.0 Å². The van der Waals surface area contributed by atoms with Crippen LogP contribution >= 0.6 is 22.9 Å². The lowest BCUT2D eigenvalue weighted by atomic mass is 9.97. The molecule has 0 radical (unpaired) electrons. The van der Waals surface area contributed by atoms with E-state index in [4.69, 9.17) is 11.6 Å². The van der Waals surface area contributed by atoms with Crippen LogP contribution in [0.2, 0.25) is 4.34 Å². The molecule has 11 heteroatoms. The minimum atomic E-state index is -4.08. The second kappa shape index (κ2) is 13.7. The van der Waals surface area contributed by atoms with Gasteiger partial charge >= 0.3 is 0 Å². The van der Waals surface area contributed by atoms with Gasteiger partial charge in [-0.2, -0.15) is 4.31 Å². The summed E-state index contributed by atoms with van der Waals surface area (Å²) in [6.07, 6.45) is 2.05. The normalized spacial score (nSPS) is 18.5. The average Bonchev–Trinajstić information content (AvgIpc) is 3.49. The number of halogens is 2. The van der Waals surface area contributed by atoms with Gasteiger partial charge in [0, 0.05) is 32.7 Å². The zero-order valence-corrected chi connectivity index (χ0v) is 27.1. The molecule has 6 rings (SSSR count). The van der Waals surface area contributed by atoms with Gasteiger partial charge in [0.1, 0.15) is 16.1 Å². The molecule has 1 N–H and O–H groups in total. The first kappa shape index (κ1) is 31.8. The Hall–Kier alpha value is -3.12. The number of amides is 1. The van der Waals surface area contributed by atoms with Crippen molar-refractivity contribution in [3.05, 3.63) is 106 Å². The summed E-state index contributed by atoms with van der Waals surface area (Å²) in [5.41, 5.74) is 3.54. The first-order valence-electron chi connectivity index (χ1n) is 15.1. The van der Waals surface area contributed by atoms with Gasteiger partial charge in [-0.05, 0) is 72.2 Å². The zero-order valence-electron chi connectivity index (χ0n) is 24.7. The second-order valence-electron chi connectivity index (χ2n) is 11.6. The molecule has 7 nitrogen and oxygen atoms in total. The first-order chi connectivity index (χ1) is 21.7. The van der Waals surface area contributed by atoms with Crippen molar-refractivity contribution in [2.75, 3.05) is 24.5 Å². The largest absolute Gasteiger partial charge is 0.393 e. The molecule has 236 valence electrons. The lowest BCUT2D eigenvalue weighted by Gasteiger charge is -2.37. The molecule has 1 unspecified atom stereocenters. The number of sulfonamides is 1. The molecule has 1 amide bonds. The van der Waals surface area contributed by atoms with Gasteiger partial charge in [0.15, 0.2) is 0 Å². The molecule has 4 aromatic rings. The zero-order chi connectivity index (χ0) is 31.6.